The molecule has 0 aliphatic carbocycles. The van der Waals surface area contributed by atoms with Gasteiger partial charge in [-0.25, -0.2) is 0 Å². The lowest BCUT2D eigenvalue weighted by molar-refractivity contribution is -0.120. The minimum Gasteiger partial charge on any atom is -0.497 e. The standard InChI is InChI=1S/C23H22BrNO3/c1-27-20-10-6-17(7-11-20)23(18-8-12-21(28-2)13-9-18)25-22(26)15-16-4-3-5-19(24)14-16/h3-14,23H,15H2,1-2H3,(H,25,26). The van der Waals surface area contributed by atoms with Crippen LogP contribution >= 0.6 is 15.9 Å². The molecule has 0 radical (unpaired) electrons. The van der Waals surface area contributed by atoms with Crippen LogP contribution in [0.25, 0.3) is 0 Å². The Balaban J connectivity index is 1.85. The summed E-state index contributed by atoms with van der Waals surface area (Å²) in [6, 6.07) is 22.9. The maximum Gasteiger partial charge on any atom is 0.225 e. The summed E-state index contributed by atoms with van der Waals surface area (Å²) in [4.78, 5) is 12.8. The molecule has 4 nitrogen and oxygen atoms in total. The Morgan fingerprint density at radius 1 is 0.893 bits per heavy atom. The highest BCUT2D eigenvalue weighted by Gasteiger charge is 2.17. The van der Waals surface area contributed by atoms with E-state index in [0.717, 1.165) is 32.7 Å². The summed E-state index contributed by atoms with van der Waals surface area (Å²) in [6.07, 6.45) is 0.308. The number of nitrogens with one attached hydrogen (secondary N) is 1. The van der Waals surface area contributed by atoms with E-state index < -0.39 is 0 Å². The maximum absolute atomic E-state index is 12.8. The number of amides is 1. The van der Waals surface area contributed by atoms with Crippen LogP contribution < -0.4 is 14.8 Å². The summed E-state index contributed by atoms with van der Waals surface area (Å²) >= 11 is 3.45. The number of carbonyl (C=O) groups is 1. The molecule has 5 heteroatoms. The molecule has 28 heavy (non-hydrogen) atoms. The van der Waals surface area contributed by atoms with Crippen LogP contribution in [0.3, 0.4) is 0 Å². The number of ether oxygens (including phenoxy) is 2. The van der Waals surface area contributed by atoms with Crippen molar-refractivity contribution in [2.75, 3.05) is 14.2 Å². The van der Waals surface area contributed by atoms with Gasteiger partial charge in [0.05, 0.1) is 26.7 Å². The number of hydrogen-bond acceptors (Lipinski definition) is 3. The maximum atomic E-state index is 12.8. The third-order valence-corrected chi connectivity index (χ3v) is 4.95. The quantitative estimate of drug-likeness (QED) is 0.568. The van der Waals surface area contributed by atoms with E-state index in [1.807, 2.05) is 72.8 Å². The summed E-state index contributed by atoms with van der Waals surface area (Å²) < 4.78 is 11.5. The lowest BCUT2D eigenvalue weighted by Crippen LogP contribution is -2.30. The first-order chi connectivity index (χ1) is 13.6. The van der Waals surface area contributed by atoms with Crippen molar-refractivity contribution in [2.45, 2.75) is 12.5 Å². The number of methoxy groups -OCH3 is 2. The van der Waals surface area contributed by atoms with Crippen LogP contribution in [0, 0.1) is 0 Å². The molecule has 3 aromatic carbocycles. The molecule has 0 spiro atoms. The van der Waals surface area contributed by atoms with E-state index >= 15 is 0 Å². The summed E-state index contributed by atoms with van der Waals surface area (Å²) in [6.45, 7) is 0. The molecular weight excluding hydrogens is 418 g/mol. The first kappa shape index (κ1) is 20.0. The SMILES string of the molecule is COc1ccc(C(NC(=O)Cc2cccc(Br)c2)c2ccc(OC)cc2)cc1. The Labute approximate surface area is 173 Å². The van der Waals surface area contributed by atoms with E-state index in [9.17, 15) is 4.79 Å². The summed E-state index contributed by atoms with van der Waals surface area (Å²) in [5.74, 6) is 1.50. The monoisotopic (exact) mass is 439 g/mol. The van der Waals surface area contributed by atoms with E-state index in [2.05, 4.69) is 21.2 Å². The highest BCUT2D eigenvalue weighted by molar-refractivity contribution is 9.10. The Morgan fingerprint density at radius 2 is 1.43 bits per heavy atom. The van der Waals surface area contributed by atoms with Crippen molar-refractivity contribution in [1.29, 1.82) is 0 Å². The Hall–Kier alpha value is -2.79. The molecule has 1 amide bonds. The first-order valence-electron chi connectivity index (χ1n) is 8.91. The van der Waals surface area contributed by atoms with Crippen LogP contribution in [0.15, 0.2) is 77.3 Å². The van der Waals surface area contributed by atoms with Crippen molar-refractivity contribution >= 4 is 21.8 Å². The van der Waals surface area contributed by atoms with Crippen molar-refractivity contribution < 1.29 is 14.3 Å². The average Bonchev–Trinajstić information content (AvgIpc) is 2.72. The fraction of sp³-hybridized carbons (Fsp3) is 0.174. The zero-order chi connectivity index (χ0) is 19.9. The highest BCUT2D eigenvalue weighted by Crippen LogP contribution is 2.26. The number of hydrogen-bond donors (Lipinski definition) is 1. The summed E-state index contributed by atoms with van der Waals surface area (Å²) in [7, 11) is 3.27. The van der Waals surface area contributed by atoms with Crippen molar-refractivity contribution in [1.82, 2.24) is 5.32 Å². The third kappa shape index (κ3) is 5.14. The van der Waals surface area contributed by atoms with E-state index in [1.54, 1.807) is 14.2 Å². The molecule has 0 fully saturated rings. The van der Waals surface area contributed by atoms with Crippen LogP contribution in [0.4, 0.5) is 0 Å². The van der Waals surface area contributed by atoms with Gasteiger partial charge in [0, 0.05) is 4.47 Å². The van der Waals surface area contributed by atoms with Crippen LogP contribution in [0.2, 0.25) is 0 Å². The molecule has 0 aliphatic heterocycles. The van der Waals surface area contributed by atoms with Crippen LogP contribution in [0.1, 0.15) is 22.7 Å². The summed E-state index contributed by atoms with van der Waals surface area (Å²) in [5, 5.41) is 3.16. The summed E-state index contributed by atoms with van der Waals surface area (Å²) in [5.41, 5.74) is 2.91. The van der Waals surface area contributed by atoms with E-state index in [0.29, 0.717) is 6.42 Å². The van der Waals surface area contributed by atoms with E-state index in [-0.39, 0.29) is 11.9 Å². The van der Waals surface area contributed by atoms with Gasteiger partial charge in [-0.1, -0.05) is 52.3 Å². The molecule has 0 aromatic heterocycles. The molecule has 144 valence electrons. The van der Waals surface area contributed by atoms with E-state index in [1.165, 1.54) is 0 Å². The van der Waals surface area contributed by atoms with Gasteiger partial charge in [-0.3, -0.25) is 4.79 Å². The molecule has 0 unspecified atom stereocenters. The van der Waals surface area contributed by atoms with Crippen LogP contribution in [0.5, 0.6) is 11.5 Å². The molecule has 0 saturated heterocycles. The minimum absolute atomic E-state index is 0.0465. The molecule has 0 atom stereocenters. The van der Waals surface area contributed by atoms with Crippen molar-refractivity contribution in [3.05, 3.63) is 94.0 Å². The highest BCUT2D eigenvalue weighted by atomic mass is 79.9. The van der Waals surface area contributed by atoms with Gasteiger partial charge in [0.25, 0.3) is 0 Å². The predicted octanol–water partition coefficient (Wildman–Crippen LogP) is 4.91. The Kier molecular flexibility index (Phi) is 6.71. The van der Waals surface area contributed by atoms with Gasteiger partial charge >= 0.3 is 0 Å². The topological polar surface area (TPSA) is 47.6 Å². The first-order valence-corrected chi connectivity index (χ1v) is 9.70. The molecule has 0 saturated carbocycles. The normalized spacial score (nSPS) is 10.6. The number of rotatable bonds is 7. The number of benzene rings is 3. The fourth-order valence-corrected chi connectivity index (χ4v) is 3.44. The predicted molar refractivity (Wildman–Crippen MR) is 114 cm³/mol. The molecule has 1 N–H and O–H groups in total. The Morgan fingerprint density at radius 3 is 1.89 bits per heavy atom. The van der Waals surface area contributed by atoms with Gasteiger partial charge in [-0.05, 0) is 53.1 Å². The number of halogens is 1. The molecule has 0 bridgehead atoms. The van der Waals surface area contributed by atoms with Gasteiger partial charge in [-0.15, -0.1) is 0 Å². The lowest BCUT2D eigenvalue weighted by Gasteiger charge is -2.20. The molecule has 0 heterocycles. The van der Waals surface area contributed by atoms with Gasteiger partial charge in [0.2, 0.25) is 5.91 Å². The van der Waals surface area contributed by atoms with Crippen LogP contribution in [-0.4, -0.2) is 20.1 Å². The van der Waals surface area contributed by atoms with Crippen molar-refractivity contribution in [2.24, 2.45) is 0 Å². The molecule has 0 aliphatic rings. The second kappa shape index (κ2) is 9.42. The lowest BCUT2D eigenvalue weighted by atomic mass is 9.98. The zero-order valence-corrected chi connectivity index (χ0v) is 17.4. The average molecular weight is 440 g/mol. The molecule has 3 aromatic rings. The van der Waals surface area contributed by atoms with Crippen molar-refractivity contribution in [3.8, 4) is 11.5 Å². The number of carbonyl (C=O) groups excluding carboxylic acids is 1. The fourth-order valence-electron chi connectivity index (χ4n) is 3.00. The van der Waals surface area contributed by atoms with Gasteiger partial charge in [0.1, 0.15) is 11.5 Å². The van der Waals surface area contributed by atoms with Gasteiger partial charge < -0.3 is 14.8 Å². The zero-order valence-electron chi connectivity index (χ0n) is 15.8. The Bertz CT molecular complexity index is 876. The smallest absolute Gasteiger partial charge is 0.225 e. The van der Waals surface area contributed by atoms with Gasteiger partial charge in [-0.2, -0.15) is 0 Å². The van der Waals surface area contributed by atoms with Gasteiger partial charge in [0.15, 0.2) is 0 Å². The molecular formula is C23H22BrNO3. The second-order valence-electron chi connectivity index (χ2n) is 6.35. The van der Waals surface area contributed by atoms with Crippen LogP contribution in [-0.2, 0) is 11.2 Å². The largest absolute Gasteiger partial charge is 0.497 e. The minimum atomic E-state index is -0.267. The third-order valence-electron chi connectivity index (χ3n) is 4.46. The van der Waals surface area contributed by atoms with E-state index in [4.69, 9.17) is 9.47 Å². The molecule has 3 rings (SSSR count). The van der Waals surface area contributed by atoms with Crippen molar-refractivity contribution in [3.63, 3.8) is 0 Å². The second-order valence-corrected chi connectivity index (χ2v) is 7.27.